The highest BCUT2D eigenvalue weighted by molar-refractivity contribution is 5.74. The Kier molecular flexibility index (Phi) is 5.70. The summed E-state index contributed by atoms with van der Waals surface area (Å²) in [6, 6.07) is 6.83. The normalized spacial score (nSPS) is 20.8. The summed E-state index contributed by atoms with van der Waals surface area (Å²) in [4.78, 5) is 18.5. The first-order valence-electron chi connectivity index (χ1n) is 5.79. The molecule has 1 N–H and O–H groups in total. The second-order valence-corrected chi connectivity index (χ2v) is 4.07. The van der Waals surface area contributed by atoms with E-state index in [9.17, 15) is 9.90 Å². The number of carbonyl (C=O) groups is 2. The summed E-state index contributed by atoms with van der Waals surface area (Å²) in [5.41, 5.74) is 0.610. The predicted molar refractivity (Wildman–Crippen MR) is 72.0 cm³/mol. The smallest absolute Gasteiger partial charge is 0.150 e. The lowest BCUT2D eigenvalue weighted by molar-refractivity contribution is -0.0980. The van der Waals surface area contributed by atoms with E-state index < -0.39 is 6.10 Å². The summed E-state index contributed by atoms with van der Waals surface area (Å²) in [6.45, 7) is 3.94. The van der Waals surface area contributed by atoms with Crippen molar-refractivity contribution < 1.29 is 19.4 Å². The number of aldehydes is 1. The summed E-state index contributed by atoms with van der Waals surface area (Å²) in [5.74, 6) is 1.38. The topological polar surface area (TPSA) is 63.6 Å². The largest absolute Gasteiger partial charge is 0.458 e. The summed E-state index contributed by atoms with van der Waals surface area (Å²) < 4.78 is 5.57. The first-order valence-corrected chi connectivity index (χ1v) is 5.79. The molecule has 0 radical (unpaired) electrons. The van der Waals surface area contributed by atoms with Gasteiger partial charge in [0.1, 0.15) is 24.6 Å². The number of allylic oxidation sites excluding steroid dienone is 1. The van der Waals surface area contributed by atoms with Crippen LogP contribution in [-0.4, -0.2) is 24.3 Å². The van der Waals surface area contributed by atoms with E-state index in [2.05, 4.69) is 0 Å². The summed E-state index contributed by atoms with van der Waals surface area (Å²) in [7, 11) is 0. The molecule has 4 heteroatoms. The molecular weight excluding hydrogens is 244 g/mol. The van der Waals surface area contributed by atoms with Gasteiger partial charge in [-0.25, -0.2) is 0 Å². The average Bonchev–Trinajstić information content (AvgIpc) is 2.46. The van der Waals surface area contributed by atoms with Crippen LogP contribution in [0.25, 0.3) is 0 Å². The molecule has 0 bridgehead atoms. The molecule has 19 heavy (non-hydrogen) atoms. The van der Waals surface area contributed by atoms with Crippen molar-refractivity contribution in [2.24, 2.45) is 5.92 Å². The second-order valence-electron chi connectivity index (χ2n) is 4.07. The van der Waals surface area contributed by atoms with Gasteiger partial charge in [-0.1, -0.05) is 13.0 Å². The molecule has 1 aliphatic rings. The van der Waals surface area contributed by atoms with Crippen molar-refractivity contribution >= 4 is 13.1 Å². The molecule has 1 aromatic rings. The van der Waals surface area contributed by atoms with Crippen LogP contribution in [0.15, 0.2) is 48.3 Å². The predicted octanol–water partition coefficient (Wildman–Crippen LogP) is 2.14. The van der Waals surface area contributed by atoms with Crippen molar-refractivity contribution in [2.75, 3.05) is 0 Å². The van der Waals surface area contributed by atoms with E-state index in [0.717, 1.165) is 6.29 Å². The van der Waals surface area contributed by atoms with Gasteiger partial charge in [0.05, 0.1) is 6.10 Å². The number of aliphatic hydroxyl groups is 1. The lowest BCUT2D eigenvalue weighted by atomic mass is 9.99. The molecule has 0 saturated carbocycles. The SMILES string of the molecule is C=O.CC1C=CC(Oc2ccc(C=O)cc2)=CC1O. The standard InChI is InChI=1S/C14H14O3.CH2O/c1-10-2-5-13(8-14(10)16)17-12-6-3-11(9-15)4-7-12;1-2/h2-10,14,16H,1H3;1H2. The van der Waals surface area contributed by atoms with Gasteiger partial charge in [-0.15, -0.1) is 0 Å². The van der Waals surface area contributed by atoms with E-state index in [1.54, 1.807) is 30.3 Å². The van der Waals surface area contributed by atoms with Crippen LogP contribution in [0.4, 0.5) is 0 Å². The fourth-order valence-corrected chi connectivity index (χ4v) is 1.55. The number of benzene rings is 1. The maximum absolute atomic E-state index is 10.5. The molecule has 1 aromatic carbocycles. The van der Waals surface area contributed by atoms with Gasteiger partial charge in [-0.2, -0.15) is 0 Å². The first kappa shape index (κ1) is 14.9. The Labute approximate surface area is 112 Å². The molecule has 0 fully saturated rings. The van der Waals surface area contributed by atoms with E-state index in [4.69, 9.17) is 9.53 Å². The Bertz CT molecular complexity index is 473. The third-order valence-corrected chi connectivity index (χ3v) is 2.69. The third-order valence-electron chi connectivity index (χ3n) is 2.69. The van der Waals surface area contributed by atoms with E-state index in [0.29, 0.717) is 17.1 Å². The molecule has 2 rings (SSSR count). The Hall–Kier alpha value is -2.20. The first-order chi connectivity index (χ1) is 9.19. The van der Waals surface area contributed by atoms with Gasteiger partial charge in [-0.05, 0) is 36.4 Å². The number of ether oxygens (including phenoxy) is 1. The lowest BCUT2D eigenvalue weighted by Crippen LogP contribution is -2.17. The lowest BCUT2D eigenvalue weighted by Gasteiger charge is -2.18. The Morgan fingerprint density at radius 1 is 1.26 bits per heavy atom. The number of carbonyl (C=O) groups excluding carboxylic acids is 2. The van der Waals surface area contributed by atoms with Crippen LogP contribution in [0.5, 0.6) is 5.75 Å². The van der Waals surface area contributed by atoms with Gasteiger partial charge in [-0.3, -0.25) is 4.79 Å². The molecule has 2 atom stereocenters. The van der Waals surface area contributed by atoms with Crippen LogP contribution in [-0.2, 0) is 4.79 Å². The molecule has 0 saturated heterocycles. The fraction of sp³-hybridized carbons (Fsp3) is 0.200. The van der Waals surface area contributed by atoms with Gasteiger partial charge >= 0.3 is 0 Å². The van der Waals surface area contributed by atoms with E-state index in [1.165, 1.54) is 0 Å². The zero-order valence-electron chi connectivity index (χ0n) is 10.7. The summed E-state index contributed by atoms with van der Waals surface area (Å²) in [5, 5.41) is 9.65. The van der Waals surface area contributed by atoms with Crippen LogP contribution in [0.3, 0.4) is 0 Å². The quantitative estimate of drug-likeness (QED) is 0.846. The summed E-state index contributed by atoms with van der Waals surface area (Å²) >= 11 is 0. The van der Waals surface area contributed by atoms with E-state index in [-0.39, 0.29) is 5.92 Å². The van der Waals surface area contributed by atoms with Crippen LogP contribution < -0.4 is 4.74 Å². The monoisotopic (exact) mass is 260 g/mol. The van der Waals surface area contributed by atoms with E-state index >= 15 is 0 Å². The minimum atomic E-state index is -0.510. The van der Waals surface area contributed by atoms with Crippen molar-refractivity contribution in [1.82, 2.24) is 0 Å². The van der Waals surface area contributed by atoms with Gasteiger partial charge in [0.2, 0.25) is 0 Å². The molecule has 4 nitrogen and oxygen atoms in total. The summed E-state index contributed by atoms with van der Waals surface area (Å²) in [6.07, 6.45) is 5.70. The van der Waals surface area contributed by atoms with Crippen LogP contribution >= 0.6 is 0 Å². The third kappa shape index (κ3) is 4.19. The maximum atomic E-state index is 10.5. The average molecular weight is 260 g/mol. The van der Waals surface area contributed by atoms with Crippen LogP contribution in [0, 0.1) is 5.92 Å². The van der Waals surface area contributed by atoms with Gasteiger partial charge < -0.3 is 14.6 Å². The molecular formula is C15H16O4. The van der Waals surface area contributed by atoms with Crippen molar-refractivity contribution in [3.63, 3.8) is 0 Å². The minimum Gasteiger partial charge on any atom is -0.458 e. The molecule has 0 aromatic heterocycles. The van der Waals surface area contributed by atoms with Crippen molar-refractivity contribution in [1.29, 1.82) is 0 Å². The second kappa shape index (κ2) is 7.28. The molecule has 0 aliphatic heterocycles. The highest BCUT2D eigenvalue weighted by Gasteiger charge is 2.14. The minimum absolute atomic E-state index is 0.111. The zero-order valence-corrected chi connectivity index (χ0v) is 10.7. The molecule has 0 amide bonds. The van der Waals surface area contributed by atoms with Crippen molar-refractivity contribution in [2.45, 2.75) is 13.0 Å². The van der Waals surface area contributed by atoms with Crippen molar-refractivity contribution in [3.8, 4) is 5.75 Å². The van der Waals surface area contributed by atoms with Crippen LogP contribution in [0.2, 0.25) is 0 Å². The molecule has 0 spiro atoms. The molecule has 0 heterocycles. The zero-order chi connectivity index (χ0) is 14.3. The highest BCUT2D eigenvalue weighted by atomic mass is 16.5. The molecule has 1 aliphatic carbocycles. The Balaban J connectivity index is 0.000000861. The van der Waals surface area contributed by atoms with E-state index in [1.807, 2.05) is 25.9 Å². The van der Waals surface area contributed by atoms with Gasteiger partial charge in [0.15, 0.2) is 0 Å². The van der Waals surface area contributed by atoms with Gasteiger partial charge in [0, 0.05) is 11.5 Å². The number of hydrogen-bond acceptors (Lipinski definition) is 4. The van der Waals surface area contributed by atoms with Crippen molar-refractivity contribution in [3.05, 3.63) is 53.8 Å². The number of rotatable bonds is 3. The molecule has 2 unspecified atom stereocenters. The Morgan fingerprint density at radius 3 is 2.42 bits per heavy atom. The maximum Gasteiger partial charge on any atom is 0.150 e. The Morgan fingerprint density at radius 2 is 1.89 bits per heavy atom. The number of hydrogen-bond donors (Lipinski definition) is 1. The number of aliphatic hydroxyl groups excluding tert-OH is 1. The fourth-order valence-electron chi connectivity index (χ4n) is 1.55. The highest BCUT2D eigenvalue weighted by Crippen LogP contribution is 2.20. The molecule has 100 valence electrons. The van der Waals surface area contributed by atoms with Crippen LogP contribution in [0.1, 0.15) is 17.3 Å². The van der Waals surface area contributed by atoms with Gasteiger partial charge in [0.25, 0.3) is 0 Å².